The van der Waals surface area contributed by atoms with E-state index in [1.807, 2.05) is 0 Å². The standard InChI is InChI=1S/C8H15F3N2O2S/c9-8(10,11)6-13-16(14,15)5-7-2-1-3-12-4-7/h7,12-13H,1-6H2. The molecule has 1 unspecified atom stereocenters. The molecular formula is C8H15F3N2O2S. The Morgan fingerprint density at radius 3 is 2.56 bits per heavy atom. The van der Waals surface area contributed by atoms with Crippen molar-refractivity contribution in [1.29, 1.82) is 0 Å². The fourth-order valence-electron chi connectivity index (χ4n) is 1.63. The zero-order valence-electron chi connectivity index (χ0n) is 8.68. The van der Waals surface area contributed by atoms with E-state index < -0.39 is 22.7 Å². The molecule has 0 radical (unpaired) electrons. The number of rotatable bonds is 4. The van der Waals surface area contributed by atoms with Crippen LogP contribution < -0.4 is 10.0 Å². The Morgan fingerprint density at radius 1 is 1.38 bits per heavy atom. The third-order valence-electron chi connectivity index (χ3n) is 2.35. The van der Waals surface area contributed by atoms with Crippen LogP contribution in [0.5, 0.6) is 0 Å². The highest BCUT2D eigenvalue weighted by Crippen LogP contribution is 2.15. The van der Waals surface area contributed by atoms with E-state index in [2.05, 4.69) is 5.32 Å². The molecule has 0 aromatic rings. The van der Waals surface area contributed by atoms with Crippen molar-refractivity contribution in [3.8, 4) is 0 Å². The van der Waals surface area contributed by atoms with Crippen LogP contribution in [-0.2, 0) is 10.0 Å². The molecule has 0 spiro atoms. The first-order chi connectivity index (χ1) is 7.29. The highest BCUT2D eigenvalue weighted by atomic mass is 32.2. The van der Waals surface area contributed by atoms with Crippen molar-refractivity contribution in [2.75, 3.05) is 25.4 Å². The molecule has 1 aliphatic heterocycles. The molecule has 0 aromatic carbocycles. The molecule has 0 saturated carbocycles. The first-order valence-corrected chi connectivity index (χ1v) is 6.68. The first kappa shape index (κ1) is 13.7. The van der Waals surface area contributed by atoms with Gasteiger partial charge >= 0.3 is 6.18 Å². The predicted molar refractivity (Wildman–Crippen MR) is 53.4 cm³/mol. The highest BCUT2D eigenvalue weighted by molar-refractivity contribution is 7.89. The van der Waals surface area contributed by atoms with Crippen molar-refractivity contribution >= 4 is 10.0 Å². The van der Waals surface area contributed by atoms with E-state index in [4.69, 9.17) is 0 Å². The summed E-state index contributed by atoms with van der Waals surface area (Å²) in [7, 11) is -3.82. The maximum absolute atomic E-state index is 11.8. The molecule has 0 amide bonds. The number of halogens is 3. The van der Waals surface area contributed by atoms with E-state index in [1.54, 1.807) is 4.72 Å². The SMILES string of the molecule is O=S(=O)(CC1CCCNC1)NCC(F)(F)F. The minimum atomic E-state index is -4.50. The Kier molecular flexibility index (Phi) is 4.57. The van der Waals surface area contributed by atoms with Crippen LogP contribution >= 0.6 is 0 Å². The summed E-state index contributed by atoms with van der Waals surface area (Å²) in [5, 5.41) is 3.02. The maximum atomic E-state index is 11.8. The minimum absolute atomic E-state index is 0.0977. The van der Waals surface area contributed by atoms with Crippen molar-refractivity contribution in [1.82, 2.24) is 10.0 Å². The Morgan fingerprint density at radius 2 is 2.06 bits per heavy atom. The van der Waals surface area contributed by atoms with Crippen LogP contribution in [0.2, 0.25) is 0 Å². The van der Waals surface area contributed by atoms with E-state index in [-0.39, 0.29) is 11.7 Å². The monoisotopic (exact) mass is 260 g/mol. The van der Waals surface area contributed by atoms with Crippen LogP contribution in [0.25, 0.3) is 0 Å². The van der Waals surface area contributed by atoms with Gasteiger partial charge in [-0.2, -0.15) is 13.2 Å². The van der Waals surface area contributed by atoms with Crippen molar-refractivity contribution in [3.05, 3.63) is 0 Å². The molecule has 16 heavy (non-hydrogen) atoms. The number of hydrogen-bond donors (Lipinski definition) is 2. The quantitative estimate of drug-likeness (QED) is 0.772. The number of sulfonamides is 1. The van der Waals surface area contributed by atoms with Crippen molar-refractivity contribution < 1.29 is 21.6 Å². The summed E-state index contributed by atoms with van der Waals surface area (Å²) in [5.41, 5.74) is 0. The topological polar surface area (TPSA) is 58.2 Å². The lowest BCUT2D eigenvalue weighted by Gasteiger charge is -2.22. The van der Waals surface area contributed by atoms with Gasteiger partial charge in [-0.1, -0.05) is 0 Å². The summed E-state index contributed by atoms with van der Waals surface area (Å²) in [4.78, 5) is 0. The van der Waals surface area contributed by atoms with E-state index >= 15 is 0 Å². The van der Waals surface area contributed by atoms with Crippen LogP contribution in [0.15, 0.2) is 0 Å². The Balaban J connectivity index is 2.38. The molecule has 1 saturated heterocycles. The van der Waals surface area contributed by atoms with Crippen LogP contribution in [-0.4, -0.2) is 40.0 Å². The molecule has 1 aliphatic rings. The van der Waals surface area contributed by atoms with Gasteiger partial charge in [0.25, 0.3) is 0 Å². The van der Waals surface area contributed by atoms with E-state index in [0.29, 0.717) is 6.54 Å². The average molecular weight is 260 g/mol. The fourth-order valence-corrected chi connectivity index (χ4v) is 3.03. The van der Waals surface area contributed by atoms with Gasteiger partial charge in [-0.15, -0.1) is 0 Å². The molecule has 4 nitrogen and oxygen atoms in total. The second-order valence-electron chi connectivity index (χ2n) is 3.93. The Labute approximate surface area is 92.6 Å². The van der Waals surface area contributed by atoms with E-state index in [9.17, 15) is 21.6 Å². The Bertz CT molecular complexity index is 310. The fraction of sp³-hybridized carbons (Fsp3) is 1.00. The molecule has 1 atom stereocenters. The molecule has 0 aliphatic carbocycles. The molecule has 8 heteroatoms. The normalized spacial score (nSPS) is 23.3. The third kappa shape index (κ3) is 5.66. The molecule has 0 aromatic heterocycles. The summed E-state index contributed by atoms with van der Waals surface area (Å²) >= 11 is 0. The van der Waals surface area contributed by atoms with Crippen molar-refractivity contribution in [3.63, 3.8) is 0 Å². The van der Waals surface area contributed by atoms with Gasteiger partial charge in [0, 0.05) is 0 Å². The summed E-state index contributed by atoms with van der Waals surface area (Å²) in [6, 6.07) is 0. The Hall–Kier alpha value is -0.340. The molecule has 96 valence electrons. The van der Waals surface area contributed by atoms with Gasteiger partial charge in [0.15, 0.2) is 0 Å². The van der Waals surface area contributed by atoms with Gasteiger partial charge in [0.2, 0.25) is 10.0 Å². The molecule has 1 heterocycles. The van der Waals surface area contributed by atoms with Crippen LogP contribution in [0.3, 0.4) is 0 Å². The number of alkyl halides is 3. The highest BCUT2D eigenvalue weighted by Gasteiger charge is 2.30. The van der Waals surface area contributed by atoms with Gasteiger partial charge in [-0.3, -0.25) is 0 Å². The van der Waals surface area contributed by atoms with Gasteiger partial charge in [0.1, 0.15) is 6.54 Å². The molecule has 2 N–H and O–H groups in total. The van der Waals surface area contributed by atoms with Gasteiger partial charge in [-0.25, -0.2) is 13.1 Å². The second-order valence-corrected chi connectivity index (χ2v) is 5.78. The lowest BCUT2D eigenvalue weighted by atomic mass is 10.0. The zero-order valence-corrected chi connectivity index (χ0v) is 9.50. The summed E-state index contributed by atoms with van der Waals surface area (Å²) in [5.74, 6) is -0.338. The lowest BCUT2D eigenvalue weighted by Crippen LogP contribution is -2.40. The molecule has 1 rings (SSSR count). The van der Waals surface area contributed by atoms with Gasteiger partial charge in [-0.05, 0) is 31.8 Å². The summed E-state index contributed by atoms with van der Waals surface area (Å²) in [6.07, 6.45) is -2.91. The number of hydrogen-bond acceptors (Lipinski definition) is 3. The lowest BCUT2D eigenvalue weighted by molar-refractivity contribution is -0.121. The van der Waals surface area contributed by atoms with Crippen LogP contribution in [0.4, 0.5) is 13.2 Å². The van der Waals surface area contributed by atoms with Crippen molar-refractivity contribution in [2.24, 2.45) is 5.92 Å². The minimum Gasteiger partial charge on any atom is -0.316 e. The van der Waals surface area contributed by atoms with Crippen molar-refractivity contribution in [2.45, 2.75) is 19.0 Å². The number of piperidine rings is 1. The maximum Gasteiger partial charge on any atom is 0.402 e. The van der Waals surface area contributed by atoms with E-state index in [1.165, 1.54) is 0 Å². The smallest absolute Gasteiger partial charge is 0.316 e. The third-order valence-corrected chi connectivity index (χ3v) is 3.84. The summed E-state index contributed by atoms with van der Waals surface area (Å²) in [6.45, 7) is -0.102. The average Bonchev–Trinajstić information content (AvgIpc) is 2.15. The van der Waals surface area contributed by atoms with Gasteiger partial charge in [0.05, 0.1) is 5.75 Å². The molecular weight excluding hydrogens is 245 g/mol. The first-order valence-electron chi connectivity index (χ1n) is 5.03. The van der Waals surface area contributed by atoms with Crippen LogP contribution in [0, 0.1) is 5.92 Å². The van der Waals surface area contributed by atoms with E-state index in [0.717, 1.165) is 19.4 Å². The predicted octanol–water partition coefficient (Wildman–Crippen LogP) is 0.468. The molecule has 0 bridgehead atoms. The van der Waals surface area contributed by atoms with Crippen LogP contribution in [0.1, 0.15) is 12.8 Å². The molecule has 1 fully saturated rings. The second kappa shape index (κ2) is 5.33. The van der Waals surface area contributed by atoms with Gasteiger partial charge < -0.3 is 5.32 Å². The number of nitrogens with one attached hydrogen (secondary N) is 2. The zero-order chi connectivity index (χ0) is 12.2. The summed E-state index contributed by atoms with van der Waals surface area (Å²) < 4.78 is 59.7. The largest absolute Gasteiger partial charge is 0.402 e.